The van der Waals surface area contributed by atoms with Crippen molar-refractivity contribution in [1.29, 1.82) is 5.26 Å². The minimum absolute atomic E-state index is 0.465. The van der Waals surface area contributed by atoms with Crippen molar-refractivity contribution in [3.63, 3.8) is 0 Å². The first-order valence-electron chi connectivity index (χ1n) is 5.37. The van der Waals surface area contributed by atoms with Gasteiger partial charge in [-0.2, -0.15) is 5.26 Å². The number of benzene rings is 2. The van der Waals surface area contributed by atoms with Crippen LogP contribution in [-0.4, -0.2) is 0 Å². The third kappa shape index (κ3) is 3.04. The molecule has 0 amide bonds. The second-order valence-corrected chi connectivity index (χ2v) is 5.06. The number of nitrogens with one attached hydrogen (secondary N) is 1. The number of nitrogens with zero attached hydrogens (tertiary/aromatic N) is 1. The van der Waals surface area contributed by atoms with E-state index in [9.17, 15) is 5.26 Å². The Labute approximate surface area is 119 Å². The van der Waals surface area contributed by atoms with Gasteiger partial charge in [0.2, 0.25) is 0 Å². The van der Waals surface area contributed by atoms with Crippen LogP contribution < -0.4 is 5.32 Å². The highest BCUT2D eigenvalue weighted by Crippen LogP contribution is 2.28. The third-order valence-electron chi connectivity index (χ3n) is 2.49. The largest absolute Gasteiger partial charge is 0.366 e. The fraction of sp³-hybridized carbons (Fsp3) is 0.0714. The Balaban J connectivity index is 2.27. The fourth-order valence-electron chi connectivity index (χ4n) is 1.62. The zero-order valence-electron chi connectivity index (χ0n) is 9.40. The summed E-state index contributed by atoms with van der Waals surface area (Å²) in [5, 5.41) is 13.0. The summed E-state index contributed by atoms with van der Waals surface area (Å²) in [5.41, 5.74) is 1.66. The first kappa shape index (κ1) is 12.9. The van der Waals surface area contributed by atoms with Crippen molar-refractivity contribution in [2.24, 2.45) is 0 Å². The molecule has 18 heavy (non-hydrogen) atoms. The lowest BCUT2D eigenvalue weighted by atomic mass is 10.1. The van der Waals surface area contributed by atoms with E-state index in [-0.39, 0.29) is 0 Å². The van der Waals surface area contributed by atoms with Gasteiger partial charge < -0.3 is 5.32 Å². The summed E-state index contributed by atoms with van der Waals surface area (Å²) in [7, 11) is 0. The van der Waals surface area contributed by atoms with Gasteiger partial charge in [0.15, 0.2) is 0 Å². The van der Waals surface area contributed by atoms with Crippen LogP contribution in [0.25, 0.3) is 0 Å². The van der Waals surface area contributed by atoms with Gasteiger partial charge in [-0.1, -0.05) is 51.8 Å². The van der Waals surface area contributed by atoms with E-state index in [4.69, 9.17) is 11.6 Å². The number of hydrogen-bond acceptors (Lipinski definition) is 2. The van der Waals surface area contributed by atoms with Crippen molar-refractivity contribution >= 4 is 33.2 Å². The van der Waals surface area contributed by atoms with E-state index in [0.29, 0.717) is 5.02 Å². The molecular weight excluding hydrogens is 312 g/mol. The maximum absolute atomic E-state index is 9.25. The summed E-state index contributed by atoms with van der Waals surface area (Å²) in [6.07, 6.45) is 0. The maximum atomic E-state index is 9.25. The molecule has 0 saturated heterocycles. The molecule has 0 fully saturated rings. The van der Waals surface area contributed by atoms with E-state index >= 15 is 0 Å². The summed E-state index contributed by atoms with van der Waals surface area (Å²) in [5.74, 6) is 0. The van der Waals surface area contributed by atoms with E-state index in [2.05, 4.69) is 27.3 Å². The maximum Gasteiger partial charge on any atom is 0.141 e. The quantitative estimate of drug-likeness (QED) is 0.883. The number of rotatable bonds is 3. The van der Waals surface area contributed by atoms with Crippen LogP contribution >= 0.6 is 27.5 Å². The van der Waals surface area contributed by atoms with Gasteiger partial charge in [0.1, 0.15) is 6.04 Å². The lowest BCUT2D eigenvalue weighted by Crippen LogP contribution is -2.08. The molecule has 0 heterocycles. The predicted octanol–water partition coefficient (Wildman–Crippen LogP) is 4.78. The van der Waals surface area contributed by atoms with E-state index in [1.54, 1.807) is 6.07 Å². The van der Waals surface area contributed by atoms with E-state index < -0.39 is 6.04 Å². The van der Waals surface area contributed by atoms with Gasteiger partial charge in [0.05, 0.1) is 6.07 Å². The van der Waals surface area contributed by atoms with Crippen LogP contribution in [0.4, 0.5) is 5.69 Å². The molecule has 0 aromatic heterocycles. The van der Waals surface area contributed by atoms with Gasteiger partial charge in [0.25, 0.3) is 0 Å². The Morgan fingerprint density at radius 3 is 2.50 bits per heavy atom. The number of anilines is 1. The second-order valence-electron chi connectivity index (χ2n) is 3.74. The Morgan fingerprint density at radius 1 is 1.17 bits per heavy atom. The average molecular weight is 322 g/mol. The van der Waals surface area contributed by atoms with Crippen LogP contribution in [0.1, 0.15) is 11.6 Å². The van der Waals surface area contributed by atoms with Crippen molar-refractivity contribution in [1.82, 2.24) is 0 Å². The van der Waals surface area contributed by atoms with Crippen molar-refractivity contribution < 1.29 is 0 Å². The first-order valence-corrected chi connectivity index (χ1v) is 6.54. The van der Waals surface area contributed by atoms with Crippen LogP contribution in [0, 0.1) is 11.3 Å². The van der Waals surface area contributed by atoms with Crippen LogP contribution in [0.3, 0.4) is 0 Å². The molecular formula is C14H10BrClN2. The topological polar surface area (TPSA) is 35.8 Å². The van der Waals surface area contributed by atoms with Gasteiger partial charge in [-0.15, -0.1) is 0 Å². The van der Waals surface area contributed by atoms with Crippen molar-refractivity contribution in [2.75, 3.05) is 5.32 Å². The van der Waals surface area contributed by atoms with Gasteiger partial charge in [-0.3, -0.25) is 0 Å². The summed E-state index contributed by atoms with van der Waals surface area (Å²) in [4.78, 5) is 0. The molecule has 0 aliphatic carbocycles. The molecule has 0 aliphatic rings. The standard InChI is InChI=1S/C14H10BrClN2/c15-10-6-7-12(13(16)8-10)14(9-17)18-11-4-2-1-3-5-11/h1-8,14,18H. The molecule has 0 spiro atoms. The lowest BCUT2D eigenvalue weighted by Gasteiger charge is -2.14. The van der Waals surface area contributed by atoms with Gasteiger partial charge >= 0.3 is 0 Å². The highest BCUT2D eigenvalue weighted by molar-refractivity contribution is 9.10. The number of nitriles is 1. The minimum Gasteiger partial charge on any atom is -0.366 e. The molecule has 4 heteroatoms. The van der Waals surface area contributed by atoms with E-state index in [1.165, 1.54) is 0 Å². The highest BCUT2D eigenvalue weighted by Gasteiger charge is 2.13. The van der Waals surface area contributed by atoms with Gasteiger partial charge in [-0.05, 0) is 24.3 Å². The molecule has 0 saturated carbocycles. The second kappa shape index (κ2) is 5.90. The van der Waals surface area contributed by atoms with Crippen molar-refractivity contribution in [3.8, 4) is 6.07 Å². The van der Waals surface area contributed by atoms with Crippen molar-refractivity contribution in [2.45, 2.75) is 6.04 Å². The summed E-state index contributed by atoms with van der Waals surface area (Å²) >= 11 is 9.49. The van der Waals surface area contributed by atoms with E-state index in [0.717, 1.165) is 15.7 Å². The lowest BCUT2D eigenvalue weighted by molar-refractivity contribution is 0.997. The molecule has 0 bridgehead atoms. The number of hydrogen-bond donors (Lipinski definition) is 1. The first-order chi connectivity index (χ1) is 8.70. The molecule has 0 aliphatic heterocycles. The molecule has 0 radical (unpaired) electrons. The molecule has 1 N–H and O–H groups in total. The molecule has 2 aromatic rings. The monoisotopic (exact) mass is 320 g/mol. The third-order valence-corrected chi connectivity index (χ3v) is 3.31. The van der Waals surface area contributed by atoms with Crippen LogP contribution in [0.2, 0.25) is 5.02 Å². The highest BCUT2D eigenvalue weighted by atomic mass is 79.9. The van der Waals surface area contributed by atoms with Crippen LogP contribution in [0.5, 0.6) is 0 Å². The fourth-order valence-corrected chi connectivity index (χ4v) is 2.40. The van der Waals surface area contributed by atoms with E-state index in [1.807, 2.05) is 42.5 Å². The summed E-state index contributed by atoms with van der Waals surface area (Å²) < 4.78 is 0.896. The smallest absolute Gasteiger partial charge is 0.141 e. The Morgan fingerprint density at radius 2 is 1.89 bits per heavy atom. The Bertz CT molecular complexity index is 578. The SMILES string of the molecule is N#CC(Nc1ccccc1)c1ccc(Br)cc1Cl. The number of para-hydroxylation sites is 1. The predicted molar refractivity (Wildman–Crippen MR) is 77.6 cm³/mol. The summed E-state index contributed by atoms with van der Waals surface area (Å²) in [6.45, 7) is 0. The van der Waals surface area contributed by atoms with Gasteiger partial charge in [-0.25, -0.2) is 0 Å². The molecule has 1 atom stereocenters. The molecule has 2 aromatic carbocycles. The summed E-state index contributed by atoms with van der Waals surface area (Å²) in [6, 6.07) is 16.8. The van der Waals surface area contributed by atoms with Gasteiger partial charge in [0, 0.05) is 20.7 Å². The normalized spacial score (nSPS) is 11.6. The Kier molecular flexibility index (Phi) is 4.24. The number of halogens is 2. The Hall–Kier alpha value is -1.50. The zero-order chi connectivity index (χ0) is 13.0. The van der Waals surface area contributed by atoms with Crippen LogP contribution in [0.15, 0.2) is 53.0 Å². The average Bonchev–Trinajstić information content (AvgIpc) is 2.38. The van der Waals surface area contributed by atoms with Crippen molar-refractivity contribution in [3.05, 3.63) is 63.6 Å². The molecule has 1 unspecified atom stereocenters. The molecule has 2 nitrogen and oxygen atoms in total. The molecule has 2 rings (SSSR count). The molecule has 90 valence electrons. The zero-order valence-corrected chi connectivity index (χ0v) is 11.7. The van der Waals surface area contributed by atoms with Crippen LogP contribution in [-0.2, 0) is 0 Å². The minimum atomic E-state index is -0.465.